The third kappa shape index (κ3) is 3.18. The van der Waals surface area contributed by atoms with E-state index in [-0.39, 0.29) is 0 Å². The highest BCUT2D eigenvalue weighted by molar-refractivity contribution is 4.83. The first-order chi connectivity index (χ1) is 7.28. The number of likely N-dealkylation sites (tertiary alicyclic amines) is 1. The summed E-state index contributed by atoms with van der Waals surface area (Å²) >= 11 is 0. The van der Waals surface area contributed by atoms with Crippen molar-refractivity contribution >= 4 is 0 Å². The molecule has 0 radical (unpaired) electrons. The van der Waals surface area contributed by atoms with E-state index in [9.17, 15) is 0 Å². The Morgan fingerprint density at radius 1 is 1.27 bits per heavy atom. The van der Waals surface area contributed by atoms with E-state index in [0.717, 1.165) is 24.4 Å². The largest absolute Gasteiger partial charge is 0.313 e. The van der Waals surface area contributed by atoms with Gasteiger partial charge in [-0.25, -0.2) is 0 Å². The van der Waals surface area contributed by atoms with Crippen LogP contribution in [0.5, 0.6) is 0 Å². The molecule has 15 heavy (non-hydrogen) atoms. The summed E-state index contributed by atoms with van der Waals surface area (Å²) in [6, 6.07) is 0.772. The molecule has 0 amide bonds. The van der Waals surface area contributed by atoms with E-state index in [1.807, 2.05) is 0 Å². The Balaban J connectivity index is 1.68. The molecule has 1 N–H and O–H groups in total. The summed E-state index contributed by atoms with van der Waals surface area (Å²) in [5.41, 5.74) is 0. The average molecular weight is 210 g/mol. The highest BCUT2D eigenvalue weighted by atomic mass is 15.2. The molecule has 1 aliphatic carbocycles. The molecule has 2 aliphatic rings. The van der Waals surface area contributed by atoms with Crippen LogP contribution in [-0.2, 0) is 0 Å². The van der Waals surface area contributed by atoms with Crippen LogP contribution < -0.4 is 5.32 Å². The number of likely N-dealkylation sites (N-methyl/N-ethyl adjacent to an activating group) is 1. The van der Waals surface area contributed by atoms with Gasteiger partial charge in [-0.15, -0.1) is 0 Å². The molecule has 0 spiro atoms. The Hall–Kier alpha value is -0.0800. The van der Waals surface area contributed by atoms with Crippen molar-refractivity contribution in [3.8, 4) is 0 Å². The highest BCUT2D eigenvalue weighted by Crippen LogP contribution is 2.31. The van der Waals surface area contributed by atoms with E-state index in [0.29, 0.717) is 0 Å². The van der Waals surface area contributed by atoms with Crippen LogP contribution in [0.25, 0.3) is 0 Å². The van der Waals surface area contributed by atoms with Gasteiger partial charge in [-0.05, 0) is 44.2 Å². The molecule has 1 saturated carbocycles. The second-order valence-electron chi connectivity index (χ2n) is 5.59. The fourth-order valence-corrected chi connectivity index (χ4v) is 3.31. The van der Waals surface area contributed by atoms with Crippen molar-refractivity contribution in [3.05, 3.63) is 0 Å². The van der Waals surface area contributed by atoms with Gasteiger partial charge in [0.25, 0.3) is 0 Å². The van der Waals surface area contributed by atoms with Gasteiger partial charge in [-0.3, -0.25) is 0 Å². The van der Waals surface area contributed by atoms with E-state index in [1.54, 1.807) is 0 Å². The van der Waals surface area contributed by atoms with Crippen molar-refractivity contribution in [3.63, 3.8) is 0 Å². The predicted octanol–water partition coefficient (Wildman–Crippen LogP) is 2.11. The summed E-state index contributed by atoms with van der Waals surface area (Å²) in [4.78, 5) is 2.68. The molecule has 0 aromatic rings. The quantitative estimate of drug-likeness (QED) is 0.764. The van der Waals surface area contributed by atoms with Gasteiger partial charge in [0.05, 0.1) is 0 Å². The van der Waals surface area contributed by atoms with Crippen LogP contribution >= 0.6 is 0 Å². The van der Waals surface area contributed by atoms with Crippen molar-refractivity contribution in [1.82, 2.24) is 10.2 Å². The number of nitrogens with one attached hydrogen (secondary N) is 1. The van der Waals surface area contributed by atoms with E-state index in [2.05, 4.69) is 24.1 Å². The summed E-state index contributed by atoms with van der Waals surface area (Å²) in [6.45, 7) is 9.72. The number of nitrogens with zero attached hydrogens (tertiary/aromatic N) is 1. The molecule has 2 rings (SSSR count). The van der Waals surface area contributed by atoms with Crippen LogP contribution in [-0.4, -0.2) is 37.1 Å². The number of hydrogen-bond acceptors (Lipinski definition) is 2. The minimum Gasteiger partial charge on any atom is -0.313 e. The van der Waals surface area contributed by atoms with Gasteiger partial charge in [0.2, 0.25) is 0 Å². The van der Waals surface area contributed by atoms with Gasteiger partial charge in [0, 0.05) is 19.1 Å². The topological polar surface area (TPSA) is 15.3 Å². The second-order valence-corrected chi connectivity index (χ2v) is 5.59. The fraction of sp³-hybridized carbons (Fsp3) is 1.00. The molecule has 88 valence electrons. The molecule has 1 aliphatic heterocycles. The lowest BCUT2D eigenvalue weighted by Crippen LogP contribution is -2.33. The van der Waals surface area contributed by atoms with Crippen molar-refractivity contribution in [2.75, 3.05) is 26.2 Å². The first-order valence-electron chi connectivity index (χ1n) is 6.73. The summed E-state index contributed by atoms with van der Waals surface area (Å²) in [5, 5.41) is 3.57. The monoisotopic (exact) mass is 210 g/mol. The Bertz CT molecular complexity index is 193. The van der Waals surface area contributed by atoms with E-state index < -0.39 is 0 Å². The lowest BCUT2D eigenvalue weighted by Gasteiger charge is -2.20. The first-order valence-corrected chi connectivity index (χ1v) is 6.73. The lowest BCUT2D eigenvalue weighted by molar-refractivity contribution is 0.270. The molecule has 2 heteroatoms. The van der Waals surface area contributed by atoms with Crippen molar-refractivity contribution in [2.45, 2.75) is 45.6 Å². The summed E-state index contributed by atoms with van der Waals surface area (Å²) in [6.07, 6.45) is 5.77. The van der Waals surface area contributed by atoms with Gasteiger partial charge < -0.3 is 10.2 Å². The Labute approximate surface area is 94.4 Å². The zero-order chi connectivity index (χ0) is 10.7. The molecule has 1 saturated heterocycles. The third-order valence-corrected chi connectivity index (χ3v) is 4.08. The molecule has 2 fully saturated rings. The minimum atomic E-state index is 0.772. The normalized spacial score (nSPS) is 37.6. The fourth-order valence-electron chi connectivity index (χ4n) is 3.31. The van der Waals surface area contributed by atoms with Crippen LogP contribution in [0.3, 0.4) is 0 Å². The minimum absolute atomic E-state index is 0.772. The maximum Gasteiger partial charge on any atom is 0.0207 e. The van der Waals surface area contributed by atoms with Gasteiger partial charge in [0.15, 0.2) is 0 Å². The van der Waals surface area contributed by atoms with Crippen LogP contribution in [0.4, 0.5) is 0 Å². The predicted molar refractivity (Wildman–Crippen MR) is 65.0 cm³/mol. The van der Waals surface area contributed by atoms with Crippen LogP contribution in [0.1, 0.15) is 39.5 Å². The van der Waals surface area contributed by atoms with E-state index >= 15 is 0 Å². The summed E-state index contributed by atoms with van der Waals surface area (Å²) < 4.78 is 0. The zero-order valence-corrected chi connectivity index (χ0v) is 10.3. The molecule has 0 aromatic carbocycles. The summed E-state index contributed by atoms with van der Waals surface area (Å²) in [7, 11) is 0. The summed E-state index contributed by atoms with van der Waals surface area (Å²) in [5.74, 6) is 1.99. The van der Waals surface area contributed by atoms with Crippen molar-refractivity contribution in [1.29, 1.82) is 0 Å². The van der Waals surface area contributed by atoms with Crippen molar-refractivity contribution in [2.24, 2.45) is 11.8 Å². The van der Waals surface area contributed by atoms with Crippen LogP contribution in [0, 0.1) is 11.8 Å². The molecule has 3 unspecified atom stereocenters. The first kappa shape index (κ1) is 11.4. The van der Waals surface area contributed by atoms with Crippen LogP contribution in [0.2, 0.25) is 0 Å². The molecule has 2 nitrogen and oxygen atoms in total. The molecule has 0 aromatic heterocycles. The second kappa shape index (κ2) is 5.31. The van der Waals surface area contributed by atoms with Gasteiger partial charge in [-0.2, -0.15) is 0 Å². The van der Waals surface area contributed by atoms with Gasteiger partial charge in [-0.1, -0.05) is 20.3 Å². The SMILES string of the molecule is CCNC1CCN(CC2CCC(C)C2)C1. The standard InChI is InChI=1S/C13H26N2/c1-3-14-13-6-7-15(10-13)9-12-5-4-11(2)8-12/h11-14H,3-10H2,1-2H3. The van der Waals surface area contributed by atoms with Gasteiger partial charge >= 0.3 is 0 Å². The van der Waals surface area contributed by atoms with Gasteiger partial charge in [0.1, 0.15) is 0 Å². The lowest BCUT2D eigenvalue weighted by atomic mass is 10.1. The number of rotatable bonds is 4. The maximum absolute atomic E-state index is 3.57. The molecule has 0 bridgehead atoms. The molecular formula is C13H26N2. The smallest absolute Gasteiger partial charge is 0.0207 e. The van der Waals surface area contributed by atoms with E-state index in [4.69, 9.17) is 0 Å². The van der Waals surface area contributed by atoms with E-state index in [1.165, 1.54) is 45.3 Å². The zero-order valence-electron chi connectivity index (χ0n) is 10.3. The Morgan fingerprint density at radius 2 is 2.13 bits per heavy atom. The van der Waals surface area contributed by atoms with Crippen LogP contribution in [0.15, 0.2) is 0 Å². The molecule has 1 heterocycles. The Morgan fingerprint density at radius 3 is 2.80 bits per heavy atom. The third-order valence-electron chi connectivity index (χ3n) is 4.08. The average Bonchev–Trinajstić information content (AvgIpc) is 2.78. The van der Waals surface area contributed by atoms with Crippen molar-refractivity contribution < 1.29 is 0 Å². The molecular weight excluding hydrogens is 184 g/mol. The molecule has 3 atom stereocenters. The maximum atomic E-state index is 3.57. The highest BCUT2D eigenvalue weighted by Gasteiger charge is 2.27. The Kier molecular flexibility index (Phi) is 4.04. The number of hydrogen-bond donors (Lipinski definition) is 1.